The second kappa shape index (κ2) is 11.2. The van der Waals surface area contributed by atoms with Gasteiger partial charge in [0.2, 0.25) is 0 Å². The Morgan fingerprint density at radius 1 is 1.33 bits per heavy atom. The summed E-state index contributed by atoms with van der Waals surface area (Å²) < 4.78 is 29.0. The van der Waals surface area contributed by atoms with Crippen LogP contribution in [0.2, 0.25) is 0 Å². The van der Waals surface area contributed by atoms with Crippen LogP contribution in [-0.4, -0.2) is 70.0 Å². The van der Waals surface area contributed by atoms with Gasteiger partial charge in [-0.15, -0.1) is 12.4 Å². The average Bonchev–Trinajstić information content (AvgIpc) is 2.60. The third-order valence-corrected chi connectivity index (χ3v) is 3.52. The Hall–Kier alpha value is -1.41. The van der Waals surface area contributed by atoms with Crippen LogP contribution in [0.4, 0.5) is 4.39 Å². The Labute approximate surface area is 147 Å². The van der Waals surface area contributed by atoms with Crippen LogP contribution in [0.25, 0.3) is 0 Å². The first-order chi connectivity index (χ1) is 11.2. The smallest absolute Gasteiger partial charge is 0.253 e. The standard InChI is InChI=1S/C16H23FN2O4.ClH/c1-21-10-7-19(16(20)15-12-18-6-9-23-15)8-11-22-14-4-2-13(17)3-5-14;/h2-5,15,18H,6-12H2,1H3;1H. The van der Waals surface area contributed by atoms with Crippen LogP contribution in [-0.2, 0) is 14.3 Å². The molecule has 1 saturated heterocycles. The summed E-state index contributed by atoms with van der Waals surface area (Å²) in [6, 6.07) is 5.80. The minimum Gasteiger partial charge on any atom is -0.492 e. The summed E-state index contributed by atoms with van der Waals surface area (Å²) in [7, 11) is 1.59. The molecule has 0 saturated carbocycles. The summed E-state index contributed by atoms with van der Waals surface area (Å²) in [5.41, 5.74) is 0. The maximum Gasteiger partial charge on any atom is 0.253 e. The lowest BCUT2D eigenvalue weighted by Crippen LogP contribution is -2.51. The Balaban J connectivity index is 0.00000288. The molecular formula is C16H24ClFN2O4. The van der Waals surface area contributed by atoms with Crippen LogP contribution in [0, 0.1) is 5.82 Å². The molecule has 0 radical (unpaired) electrons. The van der Waals surface area contributed by atoms with Gasteiger partial charge in [-0.1, -0.05) is 0 Å². The van der Waals surface area contributed by atoms with Gasteiger partial charge in [0.25, 0.3) is 5.91 Å². The lowest BCUT2D eigenvalue weighted by atomic mass is 10.2. The fourth-order valence-corrected chi connectivity index (χ4v) is 2.27. The van der Waals surface area contributed by atoms with Gasteiger partial charge in [-0.25, -0.2) is 4.39 Å². The minimum absolute atomic E-state index is 0. The largest absolute Gasteiger partial charge is 0.492 e. The SMILES string of the molecule is COCCN(CCOc1ccc(F)cc1)C(=O)C1CNCCO1.Cl. The van der Waals surface area contributed by atoms with Crippen molar-refractivity contribution in [2.75, 3.05) is 53.1 Å². The van der Waals surface area contributed by atoms with E-state index in [-0.39, 0.29) is 24.1 Å². The lowest BCUT2D eigenvalue weighted by molar-refractivity contribution is -0.146. The molecule has 1 aliphatic rings. The molecular weight excluding hydrogens is 339 g/mol. The van der Waals surface area contributed by atoms with E-state index in [4.69, 9.17) is 14.2 Å². The molecule has 1 aromatic rings. The number of nitrogens with zero attached hydrogens (tertiary/aromatic N) is 1. The van der Waals surface area contributed by atoms with Crippen LogP contribution in [0.5, 0.6) is 5.75 Å². The zero-order chi connectivity index (χ0) is 16.5. The molecule has 1 aromatic carbocycles. The predicted molar refractivity (Wildman–Crippen MR) is 90.2 cm³/mol. The molecule has 1 aliphatic heterocycles. The van der Waals surface area contributed by atoms with E-state index in [0.717, 1.165) is 6.54 Å². The monoisotopic (exact) mass is 362 g/mol. The van der Waals surface area contributed by atoms with Gasteiger partial charge in [-0.2, -0.15) is 0 Å². The van der Waals surface area contributed by atoms with Crippen molar-refractivity contribution in [2.24, 2.45) is 0 Å². The van der Waals surface area contributed by atoms with Gasteiger partial charge in [-0.05, 0) is 24.3 Å². The first-order valence-corrected chi connectivity index (χ1v) is 7.69. The maximum atomic E-state index is 12.8. The van der Waals surface area contributed by atoms with E-state index >= 15 is 0 Å². The number of benzene rings is 1. The number of carbonyl (C=O) groups excluding carboxylic acids is 1. The molecule has 0 spiro atoms. The number of nitrogens with one attached hydrogen (secondary N) is 1. The summed E-state index contributed by atoms with van der Waals surface area (Å²) in [5.74, 6) is 0.189. The molecule has 1 N–H and O–H groups in total. The molecule has 2 rings (SSSR count). The van der Waals surface area contributed by atoms with Crippen LogP contribution in [0.3, 0.4) is 0 Å². The first kappa shape index (κ1) is 20.6. The number of methoxy groups -OCH3 is 1. The van der Waals surface area contributed by atoms with E-state index in [1.165, 1.54) is 12.1 Å². The highest BCUT2D eigenvalue weighted by molar-refractivity contribution is 5.85. The van der Waals surface area contributed by atoms with Gasteiger partial charge in [0, 0.05) is 26.7 Å². The number of carbonyl (C=O) groups is 1. The van der Waals surface area contributed by atoms with Gasteiger partial charge >= 0.3 is 0 Å². The number of rotatable bonds is 8. The molecule has 1 atom stereocenters. The van der Waals surface area contributed by atoms with Crippen molar-refractivity contribution >= 4 is 18.3 Å². The molecule has 0 aliphatic carbocycles. The molecule has 1 amide bonds. The van der Waals surface area contributed by atoms with Gasteiger partial charge < -0.3 is 24.4 Å². The van der Waals surface area contributed by atoms with E-state index in [2.05, 4.69) is 5.32 Å². The highest BCUT2D eigenvalue weighted by Crippen LogP contribution is 2.11. The molecule has 6 nitrogen and oxygen atoms in total. The van der Waals surface area contributed by atoms with Gasteiger partial charge in [0.1, 0.15) is 24.3 Å². The number of hydrogen-bond acceptors (Lipinski definition) is 5. The zero-order valence-corrected chi connectivity index (χ0v) is 14.5. The second-order valence-electron chi connectivity index (χ2n) is 5.18. The summed E-state index contributed by atoms with van der Waals surface area (Å²) in [6.07, 6.45) is -0.466. The topological polar surface area (TPSA) is 60.0 Å². The van der Waals surface area contributed by atoms with Crippen molar-refractivity contribution < 1.29 is 23.4 Å². The van der Waals surface area contributed by atoms with Gasteiger partial charge in [0.15, 0.2) is 0 Å². The quantitative estimate of drug-likeness (QED) is 0.750. The number of ether oxygens (including phenoxy) is 3. The average molecular weight is 363 g/mol. The maximum absolute atomic E-state index is 12.8. The Morgan fingerprint density at radius 3 is 2.67 bits per heavy atom. The number of morpholine rings is 1. The first-order valence-electron chi connectivity index (χ1n) is 7.69. The van der Waals surface area contributed by atoms with Crippen molar-refractivity contribution in [2.45, 2.75) is 6.10 Å². The van der Waals surface area contributed by atoms with E-state index in [1.807, 2.05) is 0 Å². The molecule has 1 fully saturated rings. The third kappa shape index (κ3) is 6.60. The van der Waals surface area contributed by atoms with Gasteiger partial charge in [-0.3, -0.25) is 4.79 Å². The zero-order valence-electron chi connectivity index (χ0n) is 13.7. The Kier molecular flexibility index (Phi) is 9.63. The van der Waals surface area contributed by atoms with Gasteiger partial charge in [0.05, 0.1) is 19.8 Å². The molecule has 136 valence electrons. The van der Waals surface area contributed by atoms with Crippen molar-refractivity contribution in [3.8, 4) is 5.75 Å². The second-order valence-corrected chi connectivity index (χ2v) is 5.18. The van der Waals surface area contributed by atoms with E-state index in [9.17, 15) is 9.18 Å². The fraction of sp³-hybridized carbons (Fsp3) is 0.562. The highest BCUT2D eigenvalue weighted by Gasteiger charge is 2.26. The number of halogens is 2. The van der Waals surface area contributed by atoms with E-state index in [0.29, 0.717) is 45.2 Å². The van der Waals surface area contributed by atoms with E-state index in [1.54, 1.807) is 24.1 Å². The number of hydrogen-bond donors (Lipinski definition) is 1. The Morgan fingerprint density at radius 2 is 2.04 bits per heavy atom. The van der Waals surface area contributed by atoms with Crippen molar-refractivity contribution in [1.29, 1.82) is 0 Å². The van der Waals surface area contributed by atoms with Crippen molar-refractivity contribution in [3.63, 3.8) is 0 Å². The van der Waals surface area contributed by atoms with Crippen molar-refractivity contribution in [3.05, 3.63) is 30.1 Å². The molecule has 1 unspecified atom stereocenters. The molecule has 1 heterocycles. The summed E-state index contributed by atoms with van der Waals surface area (Å²) in [4.78, 5) is 14.2. The summed E-state index contributed by atoms with van der Waals surface area (Å²) in [5, 5.41) is 3.14. The predicted octanol–water partition coefficient (Wildman–Crippen LogP) is 1.09. The van der Waals surface area contributed by atoms with Crippen LogP contribution >= 0.6 is 12.4 Å². The fourth-order valence-electron chi connectivity index (χ4n) is 2.27. The molecule has 24 heavy (non-hydrogen) atoms. The normalized spacial score (nSPS) is 17.0. The number of amides is 1. The summed E-state index contributed by atoms with van der Waals surface area (Å²) in [6.45, 7) is 3.46. The van der Waals surface area contributed by atoms with Crippen LogP contribution in [0.15, 0.2) is 24.3 Å². The van der Waals surface area contributed by atoms with E-state index < -0.39 is 6.10 Å². The minimum atomic E-state index is -0.466. The third-order valence-electron chi connectivity index (χ3n) is 3.52. The van der Waals surface area contributed by atoms with Crippen LogP contribution in [0.1, 0.15) is 0 Å². The molecule has 0 aromatic heterocycles. The van der Waals surface area contributed by atoms with Crippen LogP contribution < -0.4 is 10.1 Å². The lowest BCUT2D eigenvalue weighted by Gasteiger charge is -2.29. The highest BCUT2D eigenvalue weighted by atomic mass is 35.5. The molecule has 8 heteroatoms. The molecule has 0 bridgehead atoms. The van der Waals surface area contributed by atoms with Crippen molar-refractivity contribution in [1.82, 2.24) is 10.2 Å². The Bertz CT molecular complexity index is 483. The summed E-state index contributed by atoms with van der Waals surface area (Å²) >= 11 is 0.